The molecule has 0 unspecified atom stereocenters. The molecule has 1 amide bonds. The summed E-state index contributed by atoms with van der Waals surface area (Å²) in [7, 11) is 4.97. The Labute approximate surface area is 131 Å². The number of nitro groups is 1. The van der Waals surface area contributed by atoms with E-state index in [4.69, 9.17) is 17.0 Å². The van der Waals surface area contributed by atoms with Crippen LogP contribution in [0.4, 0.5) is 11.4 Å². The van der Waals surface area contributed by atoms with Gasteiger partial charge < -0.3 is 15.0 Å². The third kappa shape index (κ3) is 5.20. The molecule has 0 heterocycles. The lowest BCUT2D eigenvalue weighted by Crippen LogP contribution is -2.21. The molecular weight excluding hydrogens is 314 g/mol. The average Bonchev–Trinajstić information content (AvgIpc) is 2.44. The molecule has 0 saturated heterocycles. The first kappa shape index (κ1) is 17.2. The Balaban J connectivity index is 2.76. The molecule has 0 aromatic heterocycles. The van der Waals surface area contributed by atoms with Crippen molar-refractivity contribution >= 4 is 45.6 Å². The third-order valence-electron chi connectivity index (χ3n) is 2.37. The van der Waals surface area contributed by atoms with E-state index in [0.717, 1.165) is 0 Å². The number of ether oxygens (including phenoxy) is 1. The van der Waals surface area contributed by atoms with Crippen LogP contribution in [0.1, 0.15) is 0 Å². The van der Waals surface area contributed by atoms with Crippen molar-refractivity contribution in [3.05, 3.63) is 28.3 Å². The quantitative estimate of drug-likeness (QED) is 0.503. The van der Waals surface area contributed by atoms with E-state index >= 15 is 0 Å². The summed E-state index contributed by atoms with van der Waals surface area (Å²) in [4.78, 5) is 23.9. The highest BCUT2D eigenvalue weighted by Crippen LogP contribution is 2.29. The summed E-state index contributed by atoms with van der Waals surface area (Å²) in [5, 5.41) is 13.5. The van der Waals surface area contributed by atoms with Crippen LogP contribution in [0, 0.1) is 10.1 Å². The summed E-state index contributed by atoms with van der Waals surface area (Å²) in [6.07, 6.45) is 0. The second-order valence-electron chi connectivity index (χ2n) is 4.14. The minimum atomic E-state index is -0.574. The molecule has 1 rings (SSSR count). The van der Waals surface area contributed by atoms with Gasteiger partial charge in [0, 0.05) is 14.1 Å². The molecule has 1 aromatic rings. The van der Waals surface area contributed by atoms with E-state index in [1.165, 1.54) is 31.0 Å². The maximum absolute atomic E-state index is 11.8. The van der Waals surface area contributed by atoms with Crippen LogP contribution in [0.2, 0.25) is 0 Å². The zero-order valence-corrected chi connectivity index (χ0v) is 13.4. The van der Waals surface area contributed by atoms with Crippen molar-refractivity contribution < 1.29 is 14.5 Å². The molecule has 0 aliphatic carbocycles. The van der Waals surface area contributed by atoms with Gasteiger partial charge in [-0.25, -0.2) is 0 Å². The van der Waals surface area contributed by atoms with Gasteiger partial charge in [0.05, 0.1) is 23.9 Å². The van der Waals surface area contributed by atoms with Gasteiger partial charge in [-0.1, -0.05) is 24.0 Å². The van der Waals surface area contributed by atoms with Crippen LogP contribution in [-0.4, -0.2) is 47.0 Å². The van der Waals surface area contributed by atoms with Gasteiger partial charge in [0.1, 0.15) is 15.8 Å². The zero-order valence-electron chi connectivity index (χ0n) is 11.8. The molecule has 9 heteroatoms. The molecular formula is C12H15N3O4S2. The molecule has 1 N–H and O–H groups in total. The third-order valence-corrected chi connectivity index (χ3v) is 4.10. The Kier molecular flexibility index (Phi) is 6.38. The van der Waals surface area contributed by atoms with Crippen LogP contribution >= 0.6 is 24.0 Å². The Bertz CT molecular complexity index is 563. The van der Waals surface area contributed by atoms with Gasteiger partial charge in [0.25, 0.3) is 5.69 Å². The first-order valence-corrected chi connectivity index (χ1v) is 7.21. The van der Waals surface area contributed by atoms with Crippen molar-refractivity contribution in [2.75, 3.05) is 32.3 Å². The van der Waals surface area contributed by atoms with Crippen molar-refractivity contribution in [3.63, 3.8) is 0 Å². The Morgan fingerprint density at radius 1 is 1.52 bits per heavy atom. The van der Waals surface area contributed by atoms with Crippen LogP contribution in [0.25, 0.3) is 0 Å². The second kappa shape index (κ2) is 7.79. The smallest absolute Gasteiger partial charge is 0.296 e. The fourth-order valence-electron chi connectivity index (χ4n) is 1.34. The minimum absolute atomic E-state index is 0.0835. The van der Waals surface area contributed by atoms with E-state index < -0.39 is 4.92 Å². The van der Waals surface area contributed by atoms with E-state index in [2.05, 4.69) is 5.32 Å². The molecule has 114 valence electrons. The van der Waals surface area contributed by atoms with Crippen LogP contribution in [0.5, 0.6) is 5.75 Å². The number of rotatable bonds is 5. The van der Waals surface area contributed by atoms with Crippen LogP contribution in [0.15, 0.2) is 18.2 Å². The number of hydrogen-bond acceptors (Lipinski definition) is 6. The normalized spacial score (nSPS) is 9.86. The number of nitrogens with zero attached hydrogens (tertiary/aromatic N) is 2. The zero-order chi connectivity index (χ0) is 16.0. The average molecular weight is 329 g/mol. The van der Waals surface area contributed by atoms with Gasteiger partial charge in [0.2, 0.25) is 5.91 Å². The van der Waals surface area contributed by atoms with Gasteiger partial charge in [-0.15, -0.1) is 0 Å². The van der Waals surface area contributed by atoms with E-state index in [0.29, 0.717) is 10.1 Å². The van der Waals surface area contributed by atoms with E-state index in [1.54, 1.807) is 25.1 Å². The first-order chi connectivity index (χ1) is 9.85. The van der Waals surface area contributed by atoms with Crippen molar-refractivity contribution in [2.45, 2.75) is 0 Å². The Morgan fingerprint density at radius 3 is 2.71 bits per heavy atom. The van der Waals surface area contributed by atoms with Gasteiger partial charge in [-0.2, -0.15) is 0 Å². The Morgan fingerprint density at radius 2 is 2.19 bits per heavy atom. The summed E-state index contributed by atoms with van der Waals surface area (Å²) in [5.41, 5.74) is -0.0925. The highest BCUT2D eigenvalue weighted by molar-refractivity contribution is 8.23. The van der Waals surface area contributed by atoms with Gasteiger partial charge in [-0.05, 0) is 12.1 Å². The second-order valence-corrected chi connectivity index (χ2v) is 5.75. The molecule has 0 atom stereocenters. The molecule has 7 nitrogen and oxygen atoms in total. The number of methoxy groups -OCH3 is 1. The summed E-state index contributed by atoms with van der Waals surface area (Å²) < 4.78 is 5.49. The number of anilines is 1. The first-order valence-electron chi connectivity index (χ1n) is 5.81. The van der Waals surface area contributed by atoms with Crippen molar-refractivity contribution in [3.8, 4) is 5.75 Å². The van der Waals surface area contributed by atoms with E-state index in [9.17, 15) is 14.9 Å². The number of amides is 1. The fraction of sp³-hybridized carbons (Fsp3) is 0.333. The summed E-state index contributed by atoms with van der Waals surface area (Å²) in [5.74, 6) is 0.0699. The van der Waals surface area contributed by atoms with Gasteiger partial charge in [-0.3, -0.25) is 14.9 Å². The minimum Gasteiger partial charge on any atom is -0.496 e. The van der Waals surface area contributed by atoms with Crippen LogP contribution < -0.4 is 10.1 Å². The number of benzene rings is 1. The number of thiocarbonyl (C=S) groups is 1. The SMILES string of the molecule is COc1ccc(NC(=O)CSC(=S)N(C)C)c([N+](=O)[O-])c1. The molecule has 0 aliphatic rings. The standard InChI is InChI=1S/C12H15N3O4S2/c1-14(2)12(20)21-7-11(16)13-9-5-4-8(19-3)6-10(9)15(17)18/h4-6H,7H2,1-3H3,(H,13,16). The lowest BCUT2D eigenvalue weighted by atomic mass is 10.2. The lowest BCUT2D eigenvalue weighted by Gasteiger charge is -2.12. The molecule has 1 aromatic carbocycles. The molecule has 21 heavy (non-hydrogen) atoms. The number of nitrogens with one attached hydrogen (secondary N) is 1. The number of carbonyl (C=O) groups excluding carboxylic acids is 1. The summed E-state index contributed by atoms with van der Waals surface area (Å²) >= 11 is 6.23. The predicted molar refractivity (Wildman–Crippen MR) is 87.0 cm³/mol. The molecule has 0 spiro atoms. The van der Waals surface area contributed by atoms with Crippen LogP contribution in [-0.2, 0) is 4.79 Å². The number of nitro benzene ring substituents is 1. The molecule has 0 radical (unpaired) electrons. The molecule has 0 saturated carbocycles. The maximum atomic E-state index is 11.8. The maximum Gasteiger partial charge on any atom is 0.296 e. The Hall–Kier alpha value is -1.87. The fourth-order valence-corrected chi connectivity index (χ4v) is 2.10. The monoisotopic (exact) mass is 329 g/mol. The molecule has 0 fully saturated rings. The number of carbonyl (C=O) groups is 1. The van der Waals surface area contributed by atoms with Crippen LogP contribution in [0.3, 0.4) is 0 Å². The predicted octanol–water partition coefficient (Wildman–Crippen LogP) is 2.12. The molecule has 0 bridgehead atoms. The van der Waals surface area contributed by atoms with E-state index in [-0.39, 0.29) is 23.0 Å². The van der Waals surface area contributed by atoms with Gasteiger partial charge in [0.15, 0.2) is 0 Å². The highest BCUT2D eigenvalue weighted by Gasteiger charge is 2.17. The summed E-state index contributed by atoms with van der Waals surface area (Å²) in [6, 6.07) is 4.23. The lowest BCUT2D eigenvalue weighted by molar-refractivity contribution is -0.384. The number of hydrogen-bond donors (Lipinski definition) is 1. The van der Waals surface area contributed by atoms with Crippen molar-refractivity contribution in [1.82, 2.24) is 4.90 Å². The molecule has 0 aliphatic heterocycles. The number of thioether (sulfide) groups is 1. The largest absolute Gasteiger partial charge is 0.496 e. The topological polar surface area (TPSA) is 84.7 Å². The van der Waals surface area contributed by atoms with Crippen molar-refractivity contribution in [1.29, 1.82) is 0 Å². The van der Waals surface area contributed by atoms with Crippen molar-refractivity contribution in [2.24, 2.45) is 0 Å². The van der Waals surface area contributed by atoms with Gasteiger partial charge >= 0.3 is 0 Å². The van der Waals surface area contributed by atoms with E-state index in [1.807, 2.05) is 0 Å². The summed E-state index contributed by atoms with van der Waals surface area (Å²) in [6.45, 7) is 0. The highest BCUT2D eigenvalue weighted by atomic mass is 32.2.